The Hall–Kier alpha value is -4.19. The van der Waals surface area contributed by atoms with E-state index in [1.165, 1.54) is 6.92 Å². The molecule has 0 aromatic heterocycles. The zero-order valence-corrected chi connectivity index (χ0v) is 25.9. The summed E-state index contributed by atoms with van der Waals surface area (Å²) in [6.45, 7) is 5.40. The molecule has 3 unspecified atom stereocenters. The van der Waals surface area contributed by atoms with Crippen molar-refractivity contribution in [2.24, 2.45) is 5.92 Å². The summed E-state index contributed by atoms with van der Waals surface area (Å²) in [4.78, 5) is 66.5. The SMILES string of the molecule is CC(=O)OC(C(=O)C=C(C(=O)CCCOCCOCCO)c1cccc(C)c1)C(C)C(=O)N1C(=O)OCC1Cc1ccccc1. The van der Waals surface area contributed by atoms with Crippen molar-refractivity contribution in [3.05, 3.63) is 77.4 Å². The van der Waals surface area contributed by atoms with Crippen LogP contribution >= 0.6 is 0 Å². The highest BCUT2D eigenvalue weighted by molar-refractivity contribution is 6.25. The van der Waals surface area contributed by atoms with Crippen LogP contribution < -0.4 is 0 Å². The topological polar surface area (TPSA) is 146 Å². The molecule has 0 saturated carbocycles. The van der Waals surface area contributed by atoms with Crippen LogP contribution in [0.2, 0.25) is 0 Å². The standard InChI is InChI=1S/C34H41NO10/c1-23-9-7-12-27(19-23)29(30(38)13-8-15-42-17-18-43-16-14-36)21-31(39)32(45-25(3)37)24(2)33(40)35-28(22-44-34(35)41)20-26-10-5-4-6-11-26/h4-7,9-12,19,21,24,28,32,36H,8,13-18,20,22H2,1-3H3. The minimum absolute atomic E-state index is 0.0102. The molecule has 0 bridgehead atoms. The van der Waals surface area contributed by atoms with Gasteiger partial charge in [0.05, 0.1) is 38.4 Å². The van der Waals surface area contributed by atoms with Crippen LogP contribution in [0.25, 0.3) is 5.57 Å². The maximum Gasteiger partial charge on any atom is 0.416 e. The van der Waals surface area contributed by atoms with Crippen LogP contribution in [0.5, 0.6) is 0 Å². The van der Waals surface area contributed by atoms with Crippen molar-refractivity contribution in [3.63, 3.8) is 0 Å². The first-order valence-corrected chi connectivity index (χ1v) is 15.0. The van der Waals surface area contributed by atoms with Crippen molar-refractivity contribution >= 4 is 35.1 Å². The average molecular weight is 624 g/mol. The van der Waals surface area contributed by atoms with E-state index in [0.717, 1.165) is 29.0 Å². The van der Waals surface area contributed by atoms with E-state index in [-0.39, 0.29) is 44.2 Å². The third-order valence-corrected chi connectivity index (χ3v) is 7.15. The van der Waals surface area contributed by atoms with Crippen molar-refractivity contribution in [2.75, 3.05) is 39.6 Å². The van der Waals surface area contributed by atoms with Gasteiger partial charge >= 0.3 is 12.1 Å². The van der Waals surface area contributed by atoms with Crippen molar-refractivity contribution in [1.82, 2.24) is 4.90 Å². The zero-order valence-electron chi connectivity index (χ0n) is 25.9. The zero-order chi connectivity index (χ0) is 32.8. The molecule has 45 heavy (non-hydrogen) atoms. The number of ketones is 2. The number of cyclic esters (lactones) is 1. The van der Waals surface area contributed by atoms with Gasteiger partial charge < -0.3 is 24.1 Å². The summed E-state index contributed by atoms with van der Waals surface area (Å²) in [6, 6.07) is 15.7. The number of carbonyl (C=O) groups excluding carboxylic acids is 5. The predicted octanol–water partition coefficient (Wildman–Crippen LogP) is 3.48. The van der Waals surface area contributed by atoms with Crippen molar-refractivity contribution in [2.45, 2.75) is 52.2 Å². The highest BCUT2D eigenvalue weighted by Crippen LogP contribution is 2.25. The Morgan fingerprint density at radius 2 is 1.73 bits per heavy atom. The number of nitrogens with zero attached hydrogens (tertiary/aromatic N) is 1. The Labute approximate surface area is 263 Å². The lowest BCUT2D eigenvalue weighted by Gasteiger charge is -2.26. The van der Waals surface area contributed by atoms with Crippen LogP contribution in [0.4, 0.5) is 4.79 Å². The molecule has 1 saturated heterocycles. The van der Waals surface area contributed by atoms with Crippen LogP contribution in [0.1, 0.15) is 43.4 Å². The van der Waals surface area contributed by atoms with Gasteiger partial charge in [0.15, 0.2) is 17.7 Å². The van der Waals surface area contributed by atoms with Crippen LogP contribution in [0.15, 0.2) is 60.7 Å². The van der Waals surface area contributed by atoms with Crippen molar-refractivity contribution < 1.29 is 48.0 Å². The summed E-state index contributed by atoms with van der Waals surface area (Å²) in [7, 11) is 0. The molecule has 242 valence electrons. The first kappa shape index (κ1) is 35.3. The molecule has 1 fully saturated rings. The van der Waals surface area contributed by atoms with Crippen LogP contribution in [0, 0.1) is 12.8 Å². The number of hydrogen-bond donors (Lipinski definition) is 1. The second-order valence-corrected chi connectivity index (χ2v) is 10.8. The van der Waals surface area contributed by atoms with Gasteiger partial charge in [-0.1, -0.05) is 60.2 Å². The normalized spacial score (nSPS) is 16.2. The molecule has 11 nitrogen and oxygen atoms in total. The van der Waals surface area contributed by atoms with Gasteiger partial charge in [-0.15, -0.1) is 0 Å². The largest absolute Gasteiger partial charge is 0.453 e. The number of benzene rings is 2. The first-order valence-electron chi connectivity index (χ1n) is 15.0. The van der Waals surface area contributed by atoms with Gasteiger partial charge in [0.25, 0.3) is 0 Å². The molecule has 2 aromatic rings. The van der Waals surface area contributed by atoms with Gasteiger partial charge in [0.1, 0.15) is 6.61 Å². The van der Waals surface area contributed by atoms with E-state index in [4.69, 9.17) is 24.1 Å². The lowest BCUT2D eigenvalue weighted by Crippen LogP contribution is -2.48. The minimum Gasteiger partial charge on any atom is -0.453 e. The fourth-order valence-electron chi connectivity index (χ4n) is 4.92. The van der Waals surface area contributed by atoms with Gasteiger partial charge in [-0.05, 0) is 43.9 Å². The van der Waals surface area contributed by atoms with E-state index < -0.39 is 41.8 Å². The minimum atomic E-state index is -1.59. The molecule has 1 N–H and O–H groups in total. The summed E-state index contributed by atoms with van der Waals surface area (Å²) < 4.78 is 21.1. The quantitative estimate of drug-likeness (QED) is 0.149. The van der Waals surface area contributed by atoms with Gasteiger partial charge in [-0.3, -0.25) is 19.2 Å². The molecular formula is C34H41NO10. The second kappa shape index (κ2) is 17.9. The highest BCUT2D eigenvalue weighted by Gasteiger charge is 2.43. The highest BCUT2D eigenvalue weighted by atomic mass is 16.6. The van der Waals surface area contributed by atoms with Gasteiger partial charge in [-0.2, -0.15) is 0 Å². The average Bonchev–Trinajstić information content (AvgIpc) is 3.38. The molecule has 3 atom stereocenters. The molecule has 11 heteroatoms. The summed E-state index contributed by atoms with van der Waals surface area (Å²) in [5.74, 6) is -3.87. The number of aliphatic hydroxyl groups excluding tert-OH is 1. The molecule has 0 radical (unpaired) electrons. The number of Topliss-reactive ketones (excluding diaryl/α,β-unsaturated/α-hetero) is 1. The Balaban J connectivity index is 1.80. The van der Waals surface area contributed by atoms with Crippen LogP contribution in [0.3, 0.4) is 0 Å². The van der Waals surface area contributed by atoms with Crippen molar-refractivity contribution in [1.29, 1.82) is 0 Å². The Morgan fingerprint density at radius 1 is 1.02 bits per heavy atom. The first-order chi connectivity index (χ1) is 21.6. The van der Waals surface area contributed by atoms with E-state index in [9.17, 15) is 24.0 Å². The van der Waals surface area contributed by atoms with Gasteiger partial charge in [0, 0.05) is 25.5 Å². The number of amides is 2. The third kappa shape index (κ3) is 10.7. The summed E-state index contributed by atoms with van der Waals surface area (Å²) in [5.41, 5.74) is 2.36. The van der Waals surface area contributed by atoms with Crippen LogP contribution in [-0.4, -0.2) is 91.3 Å². The lowest BCUT2D eigenvalue weighted by atomic mass is 9.92. The number of ether oxygens (including phenoxy) is 4. The summed E-state index contributed by atoms with van der Waals surface area (Å²) in [6.07, 6.45) is -0.522. The number of esters is 1. The molecule has 1 aliphatic rings. The van der Waals surface area contributed by atoms with E-state index in [0.29, 0.717) is 31.6 Å². The lowest BCUT2D eigenvalue weighted by molar-refractivity contribution is -0.158. The molecule has 0 spiro atoms. The summed E-state index contributed by atoms with van der Waals surface area (Å²) >= 11 is 0. The molecule has 0 aliphatic carbocycles. The van der Waals surface area contributed by atoms with Crippen molar-refractivity contribution in [3.8, 4) is 0 Å². The van der Waals surface area contributed by atoms with Gasteiger partial charge in [-0.25, -0.2) is 9.69 Å². The number of hydrogen-bond acceptors (Lipinski definition) is 10. The molecule has 3 rings (SSSR count). The molecule has 2 aromatic carbocycles. The molecule has 1 heterocycles. The number of aliphatic hydroxyl groups is 1. The van der Waals surface area contributed by atoms with Gasteiger partial charge in [0.2, 0.25) is 5.91 Å². The number of carbonyl (C=O) groups is 5. The number of rotatable bonds is 18. The fourth-order valence-corrected chi connectivity index (χ4v) is 4.92. The number of aryl methyl sites for hydroxylation is 1. The van der Waals surface area contributed by atoms with E-state index in [1.54, 1.807) is 18.2 Å². The Kier molecular flexibility index (Phi) is 14.1. The Morgan fingerprint density at radius 3 is 2.40 bits per heavy atom. The van der Waals surface area contributed by atoms with E-state index >= 15 is 0 Å². The number of imide groups is 1. The molecule has 1 aliphatic heterocycles. The molecular weight excluding hydrogens is 582 g/mol. The predicted molar refractivity (Wildman–Crippen MR) is 164 cm³/mol. The maximum absolute atomic E-state index is 13.7. The molecule has 2 amide bonds. The fraction of sp³-hybridized carbons (Fsp3) is 0.441. The van der Waals surface area contributed by atoms with Crippen LogP contribution in [-0.2, 0) is 44.5 Å². The maximum atomic E-state index is 13.7. The Bertz CT molecular complexity index is 1360. The number of allylic oxidation sites excluding steroid dienone is 1. The summed E-state index contributed by atoms with van der Waals surface area (Å²) in [5, 5.41) is 8.75. The third-order valence-electron chi connectivity index (χ3n) is 7.15. The monoisotopic (exact) mass is 623 g/mol. The van der Waals surface area contributed by atoms with E-state index in [1.807, 2.05) is 43.3 Å². The van der Waals surface area contributed by atoms with E-state index in [2.05, 4.69) is 0 Å². The second-order valence-electron chi connectivity index (χ2n) is 10.8. The smallest absolute Gasteiger partial charge is 0.416 e.